The Morgan fingerprint density at radius 3 is 2.43 bits per heavy atom. The average Bonchev–Trinajstić information content (AvgIpc) is 2.99. The van der Waals surface area contributed by atoms with Crippen LogP contribution in [0.5, 0.6) is 5.75 Å². The topological polar surface area (TPSA) is 78.7 Å². The van der Waals surface area contributed by atoms with Crippen molar-refractivity contribution in [1.82, 2.24) is 13.6 Å². The minimum Gasteiger partial charge on any atom is -0.497 e. The summed E-state index contributed by atoms with van der Waals surface area (Å²) in [6, 6.07) is 16.1. The van der Waals surface area contributed by atoms with E-state index < -0.39 is 11.4 Å². The molecule has 0 saturated carbocycles. The van der Waals surface area contributed by atoms with Crippen LogP contribution in [0.1, 0.15) is 5.69 Å². The molecule has 0 spiro atoms. The third-order valence-corrected chi connectivity index (χ3v) is 4.50. The second kappa shape index (κ2) is 7.07. The molecule has 0 fully saturated rings. The number of nitrogens with zero attached hydrogens (tertiary/aromatic N) is 4. The van der Waals surface area contributed by atoms with Crippen molar-refractivity contribution < 1.29 is 9.57 Å². The summed E-state index contributed by atoms with van der Waals surface area (Å²) in [5.41, 5.74) is 0.766. The van der Waals surface area contributed by atoms with Gasteiger partial charge in [0.05, 0.1) is 24.0 Å². The van der Waals surface area contributed by atoms with E-state index in [9.17, 15) is 9.59 Å². The van der Waals surface area contributed by atoms with Gasteiger partial charge >= 0.3 is 11.4 Å². The van der Waals surface area contributed by atoms with Crippen molar-refractivity contribution in [2.24, 2.45) is 5.16 Å². The number of benzene rings is 2. The summed E-state index contributed by atoms with van der Waals surface area (Å²) < 4.78 is 9.17. The molecule has 142 valence electrons. The molecule has 0 atom stereocenters. The predicted octanol–water partition coefficient (Wildman–Crippen LogP) is 1.89. The van der Waals surface area contributed by atoms with Gasteiger partial charge in [-0.2, -0.15) is 9.03 Å². The van der Waals surface area contributed by atoms with E-state index in [1.807, 2.05) is 24.3 Å². The molecular formula is C20H18N4O4. The Morgan fingerprint density at radius 1 is 0.964 bits per heavy atom. The number of rotatable bonds is 5. The maximum Gasteiger partial charge on any atom is 0.356 e. The van der Waals surface area contributed by atoms with Crippen molar-refractivity contribution in [3.05, 3.63) is 81.3 Å². The standard InChI is InChI=1S/C20H18N4O4/c1-27-17-9-8-14-12-16(10-11-21-28-2)23-19(25)22(15-6-4-3-5-7-15)20(26)24(23)18(14)13-17/h3-9,11-13H,10H2,1-2H3/b21-11+. The fourth-order valence-electron chi connectivity index (χ4n) is 3.25. The molecule has 0 aliphatic rings. The van der Waals surface area contributed by atoms with Crippen LogP contribution < -0.4 is 16.1 Å². The Bertz CT molecular complexity index is 1300. The van der Waals surface area contributed by atoms with Gasteiger partial charge in [0.2, 0.25) is 0 Å². The van der Waals surface area contributed by atoms with E-state index in [4.69, 9.17) is 9.57 Å². The van der Waals surface area contributed by atoms with E-state index in [0.29, 0.717) is 29.1 Å². The summed E-state index contributed by atoms with van der Waals surface area (Å²) in [7, 11) is 3.00. The highest BCUT2D eigenvalue weighted by molar-refractivity contribution is 5.81. The molecule has 28 heavy (non-hydrogen) atoms. The molecule has 0 saturated heterocycles. The maximum absolute atomic E-state index is 13.3. The quantitative estimate of drug-likeness (QED) is 0.392. The van der Waals surface area contributed by atoms with Crippen molar-refractivity contribution in [1.29, 1.82) is 0 Å². The second-order valence-corrected chi connectivity index (χ2v) is 6.09. The summed E-state index contributed by atoms with van der Waals surface area (Å²) >= 11 is 0. The van der Waals surface area contributed by atoms with Gasteiger partial charge in [-0.15, -0.1) is 0 Å². The minimum atomic E-state index is -0.458. The first-order valence-electron chi connectivity index (χ1n) is 8.62. The number of hydrogen-bond acceptors (Lipinski definition) is 5. The number of fused-ring (bicyclic) bond motifs is 3. The van der Waals surface area contributed by atoms with Gasteiger partial charge in [-0.25, -0.2) is 14.2 Å². The molecular weight excluding hydrogens is 360 g/mol. The molecule has 0 aliphatic heterocycles. The van der Waals surface area contributed by atoms with Crippen molar-refractivity contribution in [2.45, 2.75) is 6.42 Å². The Kier molecular flexibility index (Phi) is 4.44. The van der Waals surface area contributed by atoms with Crippen LogP contribution in [0.25, 0.3) is 16.6 Å². The van der Waals surface area contributed by atoms with Crippen molar-refractivity contribution >= 4 is 17.1 Å². The van der Waals surface area contributed by atoms with Crippen LogP contribution in [-0.2, 0) is 11.3 Å². The zero-order chi connectivity index (χ0) is 19.7. The predicted molar refractivity (Wildman–Crippen MR) is 106 cm³/mol. The Labute approximate surface area is 159 Å². The van der Waals surface area contributed by atoms with Gasteiger partial charge in [0.15, 0.2) is 0 Å². The molecule has 0 aliphatic carbocycles. The third-order valence-electron chi connectivity index (χ3n) is 4.50. The number of ether oxygens (including phenoxy) is 1. The van der Waals surface area contributed by atoms with E-state index in [2.05, 4.69) is 5.16 Å². The Balaban J connectivity index is 2.14. The van der Waals surface area contributed by atoms with E-state index in [0.717, 1.165) is 9.95 Å². The monoisotopic (exact) mass is 378 g/mol. The number of oxime groups is 1. The largest absolute Gasteiger partial charge is 0.497 e. The molecule has 4 aromatic rings. The molecule has 2 aromatic carbocycles. The minimum absolute atomic E-state index is 0.317. The third kappa shape index (κ3) is 2.75. The molecule has 8 nitrogen and oxygen atoms in total. The van der Waals surface area contributed by atoms with Crippen LogP contribution in [-0.4, -0.2) is 34.0 Å². The van der Waals surface area contributed by atoms with Crippen molar-refractivity contribution in [3.8, 4) is 11.4 Å². The van der Waals surface area contributed by atoms with E-state index in [1.54, 1.807) is 43.7 Å². The molecule has 2 heterocycles. The Hall–Kier alpha value is -3.81. The maximum atomic E-state index is 13.3. The average molecular weight is 378 g/mol. The number of para-hydroxylation sites is 1. The summed E-state index contributed by atoms with van der Waals surface area (Å²) in [6.45, 7) is 0. The molecule has 0 radical (unpaired) electrons. The molecule has 0 bridgehead atoms. The number of hydrogen-bond donors (Lipinski definition) is 0. The van der Waals surface area contributed by atoms with E-state index in [-0.39, 0.29) is 0 Å². The van der Waals surface area contributed by atoms with Crippen LogP contribution in [0, 0.1) is 0 Å². The zero-order valence-corrected chi connectivity index (χ0v) is 15.4. The van der Waals surface area contributed by atoms with E-state index >= 15 is 0 Å². The van der Waals surface area contributed by atoms with Gasteiger partial charge in [-0.3, -0.25) is 0 Å². The summed E-state index contributed by atoms with van der Waals surface area (Å²) in [6.07, 6.45) is 1.86. The first kappa shape index (κ1) is 17.6. The SMILES string of the molecule is CO/N=C/Cc1cc2ccc(OC)cc2n2c(=O)n(-c3ccccc3)c(=O)n12. The Morgan fingerprint density at radius 2 is 1.71 bits per heavy atom. The lowest BCUT2D eigenvalue weighted by molar-refractivity contribution is 0.214. The zero-order valence-electron chi connectivity index (χ0n) is 15.4. The summed E-state index contributed by atoms with van der Waals surface area (Å²) in [5, 5.41) is 4.54. The lowest BCUT2D eigenvalue weighted by Crippen LogP contribution is -2.26. The first-order chi connectivity index (χ1) is 13.7. The van der Waals surface area contributed by atoms with Gasteiger partial charge in [0.25, 0.3) is 0 Å². The van der Waals surface area contributed by atoms with Crippen LogP contribution in [0.4, 0.5) is 0 Å². The van der Waals surface area contributed by atoms with Gasteiger partial charge in [-0.05, 0) is 30.3 Å². The summed E-state index contributed by atoms with van der Waals surface area (Å²) in [4.78, 5) is 31.2. The first-order valence-corrected chi connectivity index (χ1v) is 8.62. The smallest absolute Gasteiger partial charge is 0.356 e. The van der Waals surface area contributed by atoms with Crippen LogP contribution in [0.3, 0.4) is 0 Å². The number of methoxy groups -OCH3 is 1. The highest BCUT2D eigenvalue weighted by atomic mass is 16.6. The fraction of sp³-hybridized carbons (Fsp3) is 0.150. The molecule has 0 N–H and O–H groups in total. The second-order valence-electron chi connectivity index (χ2n) is 6.09. The molecule has 2 aromatic heterocycles. The molecule has 0 unspecified atom stereocenters. The van der Waals surface area contributed by atoms with Gasteiger partial charge < -0.3 is 9.57 Å². The number of aromatic nitrogens is 3. The fourth-order valence-corrected chi connectivity index (χ4v) is 3.25. The lowest BCUT2D eigenvalue weighted by Gasteiger charge is -2.09. The molecule has 8 heteroatoms. The molecule has 4 rings (SSSR count). The molecule has 0 amide bonds. The highest BCUT2D eigenvalue weighted by Crippen LogP contribution is 2.21. The van der Waals surface area contributed by atoms with Crippen LogP contribution in [0.2, 0.25) is 0 Å². The van der Waals surface area contributed by atoms with Crippen molar-refractivity contribution in [3.63, 3.8) is 0 Å². The normalized spacial score (nSPS) is 11.5. The van der Waals surface area contributed by atoms with Crippen LogP contribution in [0.15, 0.2) is 69.3 Å². The highest BCUT2D eigenvalue weighted by Gasteiger charge is 2.18. The van der Waals surface area contributed by atoms with Gasteiger partial charge in [0, 0.05) is 24.1 Å². The van der Waals surface area contributed by atoms with Crippen LogP contribution >= 0.6 is 0 Å². The summed E-state index contributed by atoms with van der Waals surface area (Å²) in [5.74, 6) is 0.593. The van der Waals surface area contributed by atoms with E-state index in [1.165, 1.54) is 16.1 Å². The van der Waals surface area contributed by atoms with Gasteiger partial charge in [0.1, 0.15) is 12.9 Å². The van der Waals surface area contributed by atoms with Gasteiger partial charge in [-0.1, -0.05) is 23.4 Å². The lowest BCUT2D eigenvalue weighted by atomic mass is 10.2. The van der Waals surface area contributed by atoms with Crippen molar-refractivity contribution in [2.75, 3.05) is 14.2 Å².